The number of hydrazone groups is 1. The van der Waals surface area contributed by atoms with E-state index in [4.69, 9.17) is 18.0 Å². The number of aromatic nitrogens is 1. The van der Waals surface area contributed by atoms with Gasteiger partial charge < -0.3 is 10.3 Å². The van der Waals surface area contributed by atoms with E-state index in [0.717, 1.165) is 27.1 Å². The van der Waals surface area contributed by atoms with Crippen LogP contribution in [0.4, 0.5) is 0 Å². The Balaban J connectivity index is 2.41. The first-order chi connectivity index (χ1) is 9.90. The Morgan fingerprint density at radius 2 is 2.05 bits per heavy atom. The van der Waals surface area contributed by atoms with Crippen molar-refractivity contribution < 1.29 is 0 Å². The molecule has 0 amide bonds. The van der Waals surface area contributed by atoms with Crippen molar-refractivity contribution in [2.24, 2.45) is 10.8 Å². The lowest BCUT2D eigenvalue weighted by atomic mass is 10.2. The van der Waals surface area contributed by atoms with Gasteiger partial charge in [0.25, 0.3) is 0 Å². The van der Waals surface area contributed by atoms with Gasteiger partial charge in [-0.1, -0.05) is 22.0 Å². The molecular formula is C15H17BrN4S. The van der Waals surface area contributed by atoms with E-state index in [1.807, 2.05) is 0 Å². The molecule has 1 aromatic carbocycles. The number of benzene rings is 1. The number of nitrogens with two attached hydrogens (primary N) is 1. The zero-order valence-electron chi connectivity index (χ0n) is 12.1. The Morgan fingerprint density at radius 1 is 1.33 bits per heavy atom. The quantitative estimate of drug-likeness (QED) is 0.498. The number of nitrogens with zero attached hydrogens (tertiary/aromatic N) is 2. The van der Waals surface area contributed by atoms with Crippen LogP contribution in [0.2, 0.25) is 0 Å². The summed E-state index contributed by atoms with van der Waals surface area (Å²) in [5, 5.41) is 4.17. The van der Waals surface area contributed by atoms with Gasteiger partial charge in [-0.2, -0.15) is 5.10 Å². The molecular weight excluding hydrogens is 348 g/mol. The summed E-state index contributed by atoms with van der Waals surface area (Å²) in [5.41, 5.74) is 13.5. The Hall–Kier alpha value is -1.66. The molecule has 0 unspecified atom stereocenters. The smallest absolute Gasteiger partial charge is 0.184 e. The van der Waals surface area contributed by atoms with Gasteiger partial charge in [0.15, 0.2) is 5.11 Å². The zero-order valence-corrected chi connectivity index (χ0v) is 14.5. The van der Waals surface area contributed by atoms with Crippen molar-refractivity contribution in [3.8, 4) is 5.69 Å². The van der Waals surface area contributed by atoms with E-state index in [0.29, 0.717) is 0 Å². The number of thiocarbonyl (C=S) groups is 1. The molecule has 0 bridgehead atoms. The Labute approximate surface area is 138 Å². The first-order valence-electron chi connectivity index (χ1n) is 6.44. The molecule has 1 aromatic heterocycles. The van der Waals surface area contributed by atoms with E-state index < -0.39 is 0 Å². The fourth-order valence-corrected chi connectivity index (χ4v) is 2.62. The van der Waals surface area contributed by atoms with Crippen LogP contribution in [0.15, 0.2) is 33.8 Å². The van der Waals surface area contributed by atoms with E-state index in [1.54, 1.807) is 6.21 Å². The minimum Gasteiger partial charge on any atom is -0.375 e. The summed E-state index contributed by atoms with van der Waals surface area (Å²) in [6.07, 6.45) is 1.72. The van der Waals surface area contributed by atoms with E-state index >= 15 is 0 Å². The third-order valence-electron chi connectivity index (χ3n) is 3.26. The van der Waals surface area contributed by atoms with Crippen LogP contribution in [0.1, 0.15) is 22.5 Å². The average molecular weight is 365 g/mol. The molecule has 110 valence electrons. The van der Waals surface area contributed by atoms with Gasteiger partial charge in [0.05, 0.1) is 6.21 Å². The van der Waals surface area contributed by atoms with Crippen molar-refractivity contribution in [3.63, 3.8) is 0 Å². The van der Waals surface area contributed by atoms with Gasteiger partial charge in [-0.15, -0.1) is 0 Å². The van der Waals surface area contributed by atoms with Gasteiger partial charge in [-0.3, -0.25) is 5.43 Å². The number of nitrogens with one attached hydrogen (secondary N) is 1. The molecule has 0 spiro atoms. The molecule has 0 saturated carbocycles. The highest BCUT2D eigenvalue weighted by molar-refractivity contribution is 9.10. The molecule has 0 aliphatic heterocycles. The molecule has 21 heavy (non-hydrogen) atoms. The highest BCUT2D eigenvalue weighted by atomic mass is 79.9. The molecule has 6 heteroatoms. The highest BCUT2D eigenvalue weighted by Gasteiger charge is 2.10. The SMILES string of the molecule is Cc1ccc(-n2c(C)cc(/C=N\NC(N)=S)c2C)cc1Br. The lowest BCUT2D eigenvalue weighted by Gasteiger charge is -2.11. The molecule has 3 N–H and O–H groups in total. The largest absolute Gasteiger partial charge is 0.375 e. The standard InChI is InChI=1S/C15H17BrN4S/c1-9-4-5-13(7-14(9)16)20-10(2)6-12(11(20)3)8-18-19-15(17)21/h4-8H,1-3H3,(H3,17,19,21)/b18-8-. The number of hydrogen-bond acceptors (Lipinski definition) is 2. The van der Waals surface area contributed by atoms with Crippen LogP contribution in [0.3, 0.4) is 0 Å². The Morgan fingerprint density at radius 3 is 2.67 bits per heavy atom. The van der Waals surface area contributed by atoms with E-state index in [1.165, 1.54) is 5.56 Å². The van der Waals surface area contributed by atoms with Crippen molar-refractivity contribution >= 4 is 39.5 Å². The normalized spacial score (nSPS) is 11.0. The molecule has 4 nitrogen and oxygen atoms in total. The monoisotopic (exact) mass is 364 g/mol. The number of rotatable bonds is 3. The highest BCUT2D eigenvalue weighted by Crippen LogP contribution is 2.24. The van der Waals surface area contributed by atoms with E-state index in [-0.39, 0.29) is 5.11 Å². The van der Waals surface area contributed by atoms with Crippen LogP contribution in [-0.2, 0) is 0 Å². The molecule has 2 rings (SSSR count). The maximum Gasteiger partial charge on any atom is 0.184 e. The molecule has 2 aromatic rings. The first kappa shape index (κ1) is 15.7. The fraction of sp³-hybridized carbons (Fsp3) is 0.200. The fourth-order valence-electron chi connectivity index (χ4n) is 2.20. The molecule has 0 fully saturated rings. The second kappa shape index (κ2) is 6.41. The van der Waals surface area contributed by atoms with E-state index in [2.05, 4.69) is 76.1 Å². The Kier molecular flexibility index (Phi) is 4.80. The van der Waals surface area contributed by atoms with Gasteiger partial charge in [-0.05, 0) is 56.8 Å². The van der Waals surface area contributed by atoms with Crippen molar-refractivity contribution in [2.75, 3.05) is 0 Å². The number of halogens is 1. The zero-order chi connectivity index (χ0) is 15.6. The molecule has 1 heterocycles. The third-order valence-corrected chi connectivity index (χ3v) is 4.21. The predicted octanol–water partition coefficient (Wildman–Crippen LogP) is 3.33. The third kappa shape index (κ3) is 3.51. The van der Waals surface area contributed by atoms with Gasteiger partial charge in [0.2, 0.25) is 0 Å². The summed E-state index contributed by atoms with van der Waals surface area (Å²) in [6.45, 7) is 6.20. The summed E-state index contributed by atoms with van der Waals surface area (Å²) in [4.78, 5) is 0. The van der Waals surface area contributed by atoms with E-state index in [9.17, 15) is 0 Å². The number of aryl methyl sites for hydroxylation is 2. The minimum atomic E-state index is 0.155. The second-order valence-electron chi connectivity index (χ2n) is 4.83. The van der Waals surface area contributed by atoms with Crippen LogP contribution in [0.25, 0.3) is 5.69 Å². The predicted molar refractivity (Wildman–Crippen MR) is 95.2 cm³/mol. The van der Waals surface area contributed by atoms with Crippen LogP contribution in [-0.4, -0.2) is 15.9 Å². The molecule has 0 saturated heterocycles. The van der Waals surface area contributed by atoms with Gasteiger partial charge in [0.1, 0.15) is 0 Å². The topological polar surface area (TPSA) is 55.3 Å². The van der Waals surface area contributed by atoms with Crippen LogP contribution in [0.5, 0.6) is 0 Å². The maximum absolute atomic E-state index is 5.35. The van der Waals surface area contributed by atoms with Gasteiger partial charge in [-0.25, -0.2) is 0 Å². The van der Waals surface area contributed by atoms with Crippen molar-refractivity contribution in [3.05, 3.63) is 51.3 Å². The molecule has 0 radical (unpaired) electrons. The van der Waals surface area contributed by atoms with Crippen molar-refractivity contribution in [2.45, 2.75) is 20.8 Å². The van der Waals surface area contributed by atoms with Crippen LogP contribution >= 0.6 is 28.1 Å². The second-order valence-corrected chi connectivity index (χ2v) is 6.12. The summed E-state index contributed by atoms with van der Waals surface area (Å²) in [7, 11) is 0. The van der Waals surface area contributed by atoms with Gasteiger partial charge >= 0.3 is 0 Å². The summed E-state index contributed by atoms with van der Waals surface area (Å²) in [5.74, 6) is 0. The van der Waals surface area contributed by atoms with Crippen molar-refractivity contribution in [1.82, 2.24) is 9.99 Å². The maximum atomic E-state index is 5.35. The Bertz CT molecular complexity index is 719. The van der Waals surface area contributed by atoms with Crippen molar-refractivity contribution in [1.29, 1.82) is 0 Å². The minimum absolute atomic E-state index is 0.155. The van der Waals surface area contributed by atoms with Crippen LogP contribution in [0, 0.1) is 20.8 Å². The summed E-state index contributed by atoms with van der Waals surface area (Å²) >= 11 is 8.30. The van der Waals surface area contributed by atoms with Crippen LogP contribution < -0.4 is 11.2 Å². The molecule has 0 aliphatic carbocycles. The summed E-state index contributed by atoms with van der Waals surface area (Å²) < 4.78 is 3.28. The molecule has 0 atom stereocenters. The lowest BCUT2D eigenvalue weighted by Crippen LogP contribution is -2.24. The van der Waals surface area contributed by atoms with Gasteiger partial charge in [0, 0.05) is 27.1 Å². The number of hydrogen-bond donors (Lipinski definition) is 2. The lowest BCUT2D eigenvalue weighted by molar-refractivity contribution is 0.961. The summed E-state index contributed by atoms with van der Waals surface area (Å²) in [6, 6.07) is 8.39. The average Bonchev–Trinajstić information content (AvgIpc) is 2.68. The molecule has 0 aliphatic rings. The first-order valence-corrected chi connectivity index (χ1v) is 7.64.